The molecule has 0 radical (unpaired) electrons. The van der Waals surface area contributed by atoms with Gasteiger partial charge in [0.25, 0.3) is 0 Å². The number of benzene rings is 2. The number of hydrogen-bond donors (Lipinski definition) is 1. The number of imidazole rings is 1. The first kappa shape index (κ1) is 21.4. The highest BCUT2D eigenvalue weighted by Crippen LogP contribution is 2.39. The Labute approximate surface area is 186 Å². The van der Waals surface area contributed by atoms with Gasteiger partial charge in [0.2, 0.25) is 0 Å². The van der Waals surface area contributed by atoms with Crippen molar-refractivity contribution in [3.8, 4) is 5.75 Å². The third-order valence-corrected chi connectivity index (χ3v) is 5.25. The number of carbonyl (C=O) groups excluding carboxylic acids is 1. The molecule has 1 N–H and O–H groups in total. The standard InChI is InChI=1S/C25H25N3O4/c1-3-31-25(29)23-22(21-15-28(30)16-27-21)19-12-11-18(14-20(19)24(23)26-2)32-13-7-10-17-8-5-4-6-9-17/h4-6,8-9,11-12,14-16,30H,3,7,10,13H2,1-2H3. The van der Waals surface area contributed by atoms with E-state index < -0.39 is 5.97 Å². The summed E-state index contributed by atoms with van der Waals surface area (Å²) >= 11 is 0. The third kappa shape index (κ3) is 4.27. The fraction of sp³-hybridized carbons (Fsp3) is 0.240. The van der Waals surface area contributed by atoms with Crippen molar-refractivity contribution in [2.75, 3.05) is 20.3 Å². The summed E-state index contributed by atoms with van der Waals surface area (Å²) in [4.78, 5) is 21.4. The number of fused-ring (bicyclic) bond motifs is 1. The molecule has 0 saturated heterocycles. The number of aliphatic imine (C=N–C) groups is 1. The molecule has 32 heavy (non-hydrogen) atoms. The van der Waals surface area contributed by atoms with Crippen molar-refractivity contribution >= 4 is 17.3 Å². The monoisotopic (exact) mass is 431 g/mol. The number of aryl methyl sites for hydroxylation is 1. The second kappa shape index (κ2) is 9.51. The zero-order valence-electron chi connectivity index (χ0n) is 18.1. The average Bonchev–Trinajstić information content (AvgIpc) is 3.37. The van der Waals surface area contributed by atoms with Crippen molar-refractivity contribution in [2.24, 2.45) is 4.99 Å². The van der Waals surface area contributed by atoms with Crippen molar-refractivity contribution in [2.45, 2.75) is 19.8 Å². The van der Waals surface area contributed by atoms with Crippen LogP contribution in [0.1, 0.15) is 35.7 Å². The Balaban J connectivity index is 1.59. The van der Waals surface area contributed by atoms with Gasteiger partial charge < -0.3 is 14.7 Å². The first-order chi connectivity index (χ1) is 15.6. The van der Waals surface area contributed by atoms with Gasteiger partial charge in [-0.2, -0.15) is 4.73 Å². The van der Waals surface area contributed by atoms with Crippen LogP contribution in [0.25, 0.3) is 5.57 Å². The molecular weight excluding hydrogens is 406 g/mol. The van der Waals surface area contributed by atoms with Crippen molar-refractivity contribution in [3.05, 3.63) is 89.0 Å². The summed E-state index contributed by atoms with van der Waals surface area (Å²) in [7, 11) is 1.64. The highest BCUT2D eigenvalue weighted by Gasteiger charge is 2.35. The van der Waals surface area contributed by atoms with Crippen LogP contribution in [0.15, 0.2) is 71.6 Å². The van der Waals surface area contributed by atoms with Crippen LogP contribution in [0.5, 0.6) is 5.75 Å². The van der Waals surface area contributed by atoms with Crippen molar-refractivity contribution in [1.82, 2.24) is 9.71 Å². The lowest BCUT2D eigenvalue weighted by Crippen LogP contribution is -2.15. The number of rotatable bonds is 8. The molecule has 0 aliphatic heterocycles. The summed E-state index contributed by atoms with van der Waals surface area (Å²) in [5.74, 6) is 0.229. The van der Waals surface area contributed by atoms with E-state index >= 15 is 0 Å². The molecule has 1 aromatic heterocycles. The number of nitrogens with zero attached hydrogens (tertiary/aromatic N) is 3. The first-order valence-corrected chi connectivity index (χ1v) is 10.6. The van der Waals surface area contributed by atoms with Crippen LogP contribution < -0.4 is 4.74 Å². The normalized spacial score (nSPS) is 14.0. The molecule has 1 aliphatic rings. The lowest BCUT2D eigenvalue weighted by atomic mass is 10.0. The second-order valence-electron chi connectivity index (χ2n) is 7.33. The summed E-state index contributed by atoms with van der Waals surface area (Å²) in [6.45, 7) is 2.58. The lowest BCUT2D eigenvalue weighted by molar-refractivity contribution is -0.137. The zero-order valence-corrected chi connectivity index (χ0v) is 18.1. The number of aromatic nitrogens is 2. The molecule has 0 fully saturated rings. The molecule has 0 bridgehead atoms. The molecule has 0 unspecified atom stereocenters. The van der Waals surface area contributed by atoms with Gasteiger partial charge in [0.1, 0.15) is 12.1 Å². The number of ether oxygens (including phenoxy) is 2. The largest absolute Gasteiger partial charge is 0.494 e. The van der Waals surface area contributed by atoms with Crippen LogP contribution in [0.2, 0.25) is 0 Å². The molecule has 1 aliphatic carbocycles. The zero-order chi connectivity index (χ0) is 22.5. The van der Waals surface area contributed by atoms with Crippen LogP contribution in [-0.4, -0.2) is 46.9 Å². The predicted octanol–water partition coefficient (Wildman–Crippen LogP) is 3.93. The fourth-order valence-corrected chi connectivity index (χ4v) is 3.87. The quantitative estimate of drug-likeness (QED) is 0.332. The van der Waals surface area contributed by atoms with E-state index in [1.807, 2.05) is 36.4 Å². The van der Waals surface area contributed by atoms with E-state index in [2.05, 4.69) is 22.1 Å². The van der Waals surface area contributed by atoms with E-state index in [1.54, 1.807) is 14.0 Å². The van der Waals surface area contributed by atoms with Gasteiger partial charge in [0.15, 0.2) is 0 Å². The molecule has 4 rings (SSSR count). The van der Waals surface area contributed by atoms with Gasteiger partial charge in [-0.15, -0.1) is 0 Å². The second-order valence-corrected chi connectivity index (χ2v) is 7.33. The van der Waals surface area contributed by atoms with E-state index in [9.17, 15) is 10.0 Å². The summed E-state index contributed by atoms with van der Waals surface area (Å²) < 4.78 is 12.1. The van der Waals surface area contributed by atoms with Crippen LogP contribution in [0.3, 0.4) is 0 Å². The Hall–Kier alpha value is -3.87. The minimum Gasteiger partial charge on any atom is -0.494 e. The maximum absolute atomic E-state index is 12.8. The smallest absolute Gasteiger partial charge is 0.341 e. The van der Waals surface area contributed by atoms with Crippen molar-refractivity contribution < 1.29 is 19.5 Å². The number of hydrogen-bond acceptors (Lipinski definition) is 6. The minimum absolute atomic E-state index is 0.243. The Morgan fingerprint density at radius 2 is 1.97 bits per heavy atom. The summed E-state index contributed by atoms with van der Waals surface area (Å²) in [6.07, 6.45) is 4.55. The van der Waals surface area contributed by atoms with E-state index in [0.717, 1.165) is 28.7 Å². The van der Waals surface area contributed by atoms with Gasteiger partial charge in [0.05, 0.1) is 36.4 Å². The maximum Gasteiger partial charge on any atom is 0.341 e. The minimum atomic E-state index is -0.475. The Bertz CT molecular complexity index is 1180. The van der Waals surface area contributed by atoms with Crippen LogP contribution >= 0.6 is 0 Å². The molecule has 7 heteroatoms. The van der Waals surface area contributed by atoms with E-state index in [0.29, 0.717) is 34.9 Å². The Kier molecular flexibility index (Phi) is 6.35. The maximum atomic E-state index is 12.8. The van der Waals surface area contributed by atoms with Crippen LogP contribution in [0, 0.1) is 0 Å². The van der Waals surface area contributed by atoms with Gasteiger partial charge in [-0.25, -0.2) is 9.78 Å². The summed E-state index contributed by atoms with van der Waals surface area (Å²) in [5, 5.41) is 9.72. The Morgan fingerprint density at radius 1 is 1.16 bits per heavy atom. The molecule has 7 nitrogen and oxygen atoms in total. The molecule has 0 atom stereocenters. The average molecular weight is 431 g/mol. The Morgan fingerprint density at radius 3 is 2.66 bits per heavy atom. The van der Waals surface area contributed by atoms with E-state index in [1.165, 1.54) is 18.1 Å². The molecule has 0 amide bonds. The topological polar surface area (TPSA) is 85.9 Å². The van der Waals surface area contributed by atoms with Gasteiger partial charge >= 0.3 is 5.97 Å². The van der Waals surface area contributed by atoms with E-state index in [-0.39, 0.29) is 6.61 Å². The predicted molar refractivity (Wildman–Crippen MR) is 121 cm³/mol. The highest BCUT2D eigenvalue weighted by atomic mass is 16.5. The van der Waals surface area contributed by atoms with Gasteiger partial charge in [-0.05, 0) is 49.1 Å². The first-order valence-electron chi connectivity index (χ1n) is 10.6. The highest BCUT2D eigenvalue weighted by molar-refractivity contribution is 6.37. The third-order valence-electron chi connectivity index (χ3n) is 5.25. The van der Waals surface area contributed by atoms with E-state index in [4.69, 9.17) is 9.47 Å². The van der Waals surface area contributed by atoms with Gasteiger partial charge in [-0.1, -0.05) is 30.3 Å². The van der Waals surface area contributed by atoms with Gasteiger partial charge in [0, 0.05) is 18.2 Å². The molecule has 0 spiro atoms. The lowest BCUT2D eigenvalue weighted by Gasteiger charge is -2.09. The molecular formula is C25H25N3O4. The fourth-order valence-electron chi connectivity index (χ4n) is 3.87. The SMILES string of the molecule is CCOC(=O)C1=C(c2cn(O)cn2)c2ccc(OCCCc3ccccc3)cc2C1=NC. The van der Waals surface area contributed by atoms with Crippen LogP contribution in [0.4, 0.5) is 0 Å². The molecule has 3 aromatic rings. The summed E-state index contributed by atoms with van der Waals surface area (Å²) in [6, 6.07) is 16.0. The number of carbonyl (C=O) groups is 1. The molecule has 0 saturated carbocycles. The molecule has 2 aromatic carbocycles. The molecule has 1 heterocycles. The van der Waals surface area contributed by atoms with Crippen LogP contribution in [-0.2, 0) is 16.0 Å². The number of esters is 1. The summed E-state index contributed by atoms with van der Waals surface area (Å²) in [5.41, 5.74) is 4.76. The van der Waals surface area contributed by atoms with Crippen molar-refractivity contribution in [3.63, 3.8) is 0 Å². The molecule has 164 valence electrons. The van der Waals surface area contributed by atoms with Crippen molar-refractivity contribution in [1.29, 1.82) is 0 Å². The van der Waals surface area contributed by atoms with Gasteiger partial charge in [-0.3, -0.25) is 4.99 Å².